The molecule has 0 radical (unpaired) electrons. The molecule has 2 rings (SSSR count). The van der Waals surface area contributed by atoms with Crippen molar-refractivity contribution in [3.05, 3.63) is 19.9 Å². The molecule has 1 unspecified atom stereocenters. The highest BCUT2D eigenvalue weighted by Crippen LogP contribution is 2.43. The monoisotopic (exact) mass is 364 g/mol. The number of ether oxygens (including phenoxy) is 1. The maximum absolute atomic E-state index is 12.5. The van der Waals surface area contributed by atoms with E-state index in [1.54, 1.807) is 11.3 Å². The van der Waals surface area contributed by atoms with Gasteiger partial charge in [-0.15, -0.1) is 11.3 Å². The quantitative estimate of drug-likeness (QED) is 0.583. The summed E-state index contributed by atoms with van der Waals surface area (Å²) in [5, 5.41) is 1.95. The Morgan fingerprint density at radius 2 is 2.12 bits per heavy atom. The molecule has 1 aromatic rings. The molecule has 2 heterocycles. The fourth-order valence-electron chi connectivity index (χ4n) is 2.61. The second kappa shape index (κ2) is 4.31. The summed E-state index contributed by atoms with van der Waals surface area (Å²) in [7, 11) is 0. The van der Waals surface area contributed by atoms with Crippen LogP contribution in [0.1, 0.15) is 44.5 Å². The normalized spacial score (nSPS) is 26.1. The second-order valence-corrected chi connectivity index (χ2v) is 8.53. The third-order valence-corrected chi connectivity index (χ3v) is 5.03. The first-order valence-electron chi connectivity index (χ1n) is 5.70. The fraction of sp³-hybridized carbons (Fsp3) is 0.615. The lowest BCUT2D eigenvalue weighted by Gasteiger charge is -2.26. The van der Waals surface area contributed by atoms with E-state index < -0.39 is 0 Å². The third kappa shape index (κ3) is 2.74. The first-order chi connectivity index (χ1) is 7.71. The molecule has 4 heteroatoms. The van der Waals surface area contributed by atoms with E-state index in [4.69, 9.17) is 4.74 Å². The van der Waals surface area contributed by atoms with Crippen LogP contribution in [0.25, 0.3) is 0 Å². The molecule has 0 saturated carbocycles. The molecule has 1 atom stereocenters. The zero-order valence-electron chi connectivity index (χ0n) is 10.5. The molecular formula is C13H17IO2S. The van der Waals surface area contributed by atoms with Crippen molar-refractivity contribution in [1.82, 2.24) is 0 Å². The molecule has 0 amide bonds. The van der Waals surface area contributed by atoms with E-state index in [1.165, 1.54) is 0 Å². The minimum atomic E-state index is -0.367. The molecule has 17 heavy (non-hydrogen) atoms. The number of carbonyl (C=O) groups is 1. The predicted octanol–water partition coefficient (Wildman–Crippen LogP) is 4.13. The van der Waals surface area contributed by atoms with Gasteiger partial charge in [0, 0.05) is 10.9 Å². The van der Waals surface area contributed by atoms with Crippen LogP contribution in [0.2, 0.25) is 0 Å². The van der Waals surface area contributed by atoms with Gasteiger partial charge in [0.1, 0.15) is 0 Å². The van der Waals surface area contributed by atoms with Gasteiger partial charge in [0.25, 0.3) is 0 Å². The highest BCUT2D eigenvalue weighted by Gasteiger charge is 2.49. The third-order valence-electron chi connectivity index (χ3n) is 3.24. The Labute approximate surface area is 120 Å². The van der Waals surface area contributed by atoms with E-state index in [0.717, 1.165) is 14.9 Å². The van der Waals surface area contributed by atoms with Crippen molar-refractivity contribution < 1.29 is 9.53 Å². The summed E-state index contributed by atoms with van der Waals surface area (Å²) in [4.78, 5) is 12.5. The van der Waals surface area contributed by atoms with Gasteiger partial charge >= 0.3 is 0 Å². The van der Waals surface area contributed by atoms with E-state index in [2.05, 4.69) is 36.4 Å². The van der Waals surface area contributed by atoms with Crippen LogP contribution >= 0.6 is 33.9 Å². The van der Waals surface area contributed by atoms with Gasteiger partial charge in [-0.2, -0.15) is 0 Å². The zero-order chi connectivity index (χ0) is 12.8. The summed E-state index contributed by atoms with van der Waals surface area (Å²) in [6, 6.07) is 1.97. The lowest BCUT2D eigenvalue weighted by atomic mass is 9.82. The van der Waals surface area contributed by atoms with Crippen LogP contribution in [0.5, 0.6) is 0 Å². The lowest BCUT2D eigenvalue weighted by Crippen LogP contribution is -2.33. The summed E-state index contributed by atoms with van der Waals surface area (Å²) in [5.41, 5.74) is 0.264. The smallest absolute Gasteiger partial charge is 0.169 e. The Morgan fingerprint density at radius 1 is 1.47 bits per heavy atom. The molecule has 1 fully saturated rings. The molecule has 1 saturated heterocycles. The van der Waals surface area contributed by atoms with Gasteiger partial charge in [-0.1, -0.05) is 0 Å². The van der Waals surface area contributed by atoms with Gasteiger partial charge in [-0.3, -0.25) is 4.79 Å². The number of halogens is 1. The fourth-order valence-corrected chi connectivity index (χ4v) is 3.95. The van der Waals surface area contributed by atoms with Gasteiger partial charge in [0.2, 0.25) is 0 Å². The van der Waals surface area contributed by atoms with E-state index in [0.29, 0.717) is 0 Å². The molecule has 0 spiro atoms. The Hall–Kier alpha value is 0.0600. The maximum Gasteiger partial charge on any atom is 0.169 e. The number of hydrogen-bond donors (Lipinski definition) is 0. The van der Waals surface area contributed by atoms with Crippen LogP contribution in [0.4, 0.5) is 0 Å². The van der Waals surface area contributed by atoms with E-state index >= 15 is 0 Å². The summed E-state index contributed by atoms with van der Waals surface area (Å²) >= 11 is 3.86. The topological polar surface area (TPSA) is 26.3 Å². The van der Waals surface area contributed by atoms with Gasteiger partial charge in [-0.25, -0.2) is 0 Å². The van der Waals surface area contributed by atoms with Gasteiger partial charge in [-0.05, 0) is 62.8 Å². The largest absolute Gasteiger partial charge is 0.369 e. The Kier molecular flexibility index (Phi) is 3.42. The van der Waals surface area contributed by atoms with E-state index in [1.807, 2.05) is 25.3 Å². The summed E-state index contributed by atoms with van der Waals surface area (Å²) in [6.07, 6.45) is 0.797. The lowest BCUT2D eigenvalue weighted by molar-refractivity contribution is -0.0712. The maximum atomic E-state index is 12.5. The van der Waals surface area contributed by atoms with Crippen LogP contribution in [0.3, 0.4) is 0 Å². The number of Topliss-reactive ketones (excluding diaryl/α,β-unsaturated/α-hetero) is 1. The predicted molar refractivity (Wildman–Crippen MR) is 78.7 cm³/mol. The molecule has 0 bridgehead atoms. The minimum absolute atomic E-state index is 0.0390. The molecule has 2 nitrogen and oxygen atoms in total. The molecule has 0 N–H and O–H groups in total. The highest BCUT2D eigenvalue weighted by atomic mass is 127. The van der Waals surface area contributed by atoms with Crippen LogP contribution in [-0.4, -0.2) is 17.0 Å². The van der Waals surface area contributed by atoms with E-state index in [-0.39, 0.29) is 22.9 Å². The molecule has 0 aliphatic carbocycles. The minimum Gasteiger partial charge on any atom is -0.369 e. The summed E-state index contributed by atoms with van der Waals surface area (Å²) in [6.45, 7) is 8.14. The van der Waals surface area contributed by atoms with Crippen molar-refractivity contribution in [2.75, 3.05) is 0 Å². The molecule has 0 aromatic carbocycles. The zero-order valence-corrected chi connectivity index (χ0v) is 13.5. The standard InChI is InChI=1S/C13H17IO2S/c1-12(2)6-9(13(3,4)16-12)11(15)8-5-10(14)17-7-8/h5,7,9H,6H2,1-4H3. The molecule has 94 valence electrons. The van der Waals surface area contributed by atoms with Crippen LogP contribution < -0.4 is 0 Å². The van der Waals surface area contributed by atoms with Crippen molar-refractivity contribution in [3.8, 4) is 0 Å². The second-order valence-electron chi connectivity index (χ2n) is 5.73. The summed E-state index contributed by atoms with van der Waals surface area (Å²) < 4.78 is 7.13. The molecule has 1 aromatic heterocycles. The first kappa shape index (κ1) is 13.5. The average molecular weight is 364 g/mol. The number of rotatable bonds is 2. The Balaban J connectivity index is 2.26. The molecule has 1 aliphatic rings. The Bertz CT molecular complexity index is 448. The van der Waals surface area contributed by atoms with Crippen molar-refractivity contribution in [1.29, 1.82) is 0 Å². The molecular weight excluding hydrogens is 347 g/mol. The van der Waals surface area contributed by atoms with E-state index in [9.17, 15) is 4.79 Å². The number of carbonyl (C=O) groups excluding carboxylic acids is 1. The van der Waals surface area contributed by atoms with Crippen LogP contribution in [-0.2, 0) is 4.74 Å². The van der Waals surface area contributed by atoms with Crippen molar-refractivity contribution in [3.63, 3.8) is 0 Å². The van der Waals surface area contributed by atoms with Crippen molar-refractivity contribution >= 4 is 39.7 Å². The number of thiophene rings is 1. The van der Waals surface area contributed by atoms with Gasteiger partial charge in [0.05, 0.1) is 20.0 Å². The van der Waals surface area contributed by atoms with Crippen molar-refractivity contribution in [2.45, 2.75) is 45.3 Å². The first-order valence-corrected chi connectivity index (χ1v) is 7.65. The Morgan fingerprint density at radius 3 is 2.53 bits per heavy atom. The van der Waals surface area contributed by atoms with Crippen LogP contribution in [0, 0.1) is 8.80 Å². The average Bonchev–Trinajstić information content (AvgIpc) is 2.66. The SMILES string of the molecule is CC1(C)CC(C(=O)c2csc(I)c2)C(C)(C)O1. The van der Waals surface area contributed by atoms with Gasteiger partial charge in [0.15, 0.2) is 5.78 Å². The van der Waals surface area contributed by atoms with Gasteiger partial charge < -0.3 is 4.74 Å². The molecule has 1 aliphatic heterocycles. The van der Waals surface area contributed by atoms with Crippen molar-refractivity contribution in [2.24, 2.45) is 5.92 Å². The van der Waals surface area contributed by atoms with Crippen LogP contribution in [0.15, 0.2) is 11.4 Å². The summed E-state index contributed by atoms with van der Waals surface area (Å²) in [5.74, 6) is 0.183. The number of hydrogen-bond acceptors (Lipinski definition) is 3. The highest BCUT2D eigenvalue weighted by molar-refractivity contribution is 14.1. The number of ketones is 1.